The van der Waals surface area contributed by atoms with Crippen LogP contribution in [0.2, 0.25) is 0 Å². The van der Waals surface area contributed by atoms with Crippen LogP contribution in [0, 0.1) is 5.92 Å². The minimum Gasteiger partial charge on any atom is -0.284 e. The minimum absolute atomic E-state index is 0.271. The molecule has 0 aromatic carbocycles. The molecule has 1 atom stereocenters. The highest BCUT2D eigenvalue weighted by Crippen LogP contribution is 2.24. The van der Waals surface area contributed by atoms with Crippen molar-refractivity contribution in [2.45, 2.75) is 37.5 Å². The van der Waals surface area contributed by atoms with E-state index in [2.05, 4.69) is 17.1 Å². The number of aromatic amines is 1. The molecule has 1 fully saturated rings. The Morgan fingerprint density at radius 2 is 2.29 bits per heavy atom. The van der Waals surface area contributed by atoms with E-state index in [1.54, 1.807) is 4.31 Å². The van der Waals surface area contributed by atoms with Crippen LogP contribution in [0.3, 0.4) is 0 Å². The summed E-state index contributed by atoms with van der Waals surface area (Å²) < 4.78 is 26.1. The van der Waals surface area contributed by atoms with Crippen molar-refractivity contribution in [3.63, 3.8) is 0 Å². The van der Waals surface area contributed by atoms with Crippen molar-refractivity contribution in [2.24, 2.45) is 5.92 Å². The smallest absolute Gasteiger partial charge is 0.246 e. The Hall–Kier alpha value is -0.880. The fourth-order valence-corrected chi connectivity index (χ4v) is 3.72. The molecule has 0 radical (unpaired) electrons. The Balaban J connectivity index is 2.12. The summed E-state index contributed by atoms with van der Waals surface area (Å²) in [4.78, 5) is 0.271. The molecule has 0 saturated carbocycles. The molecule has 17 heavy (non-hydrogen) atoms. The second-order valence-corrected chi connectivity index (χ2v) is 6.48. The molecule has 5 nitrogen and oxygen atoms in total. The van der Waals surface area contributed by atoms with Crippen molar-refractivity contribution < 1.29 is 8.42 Å². The predicted molar refractivity (Wildman–Crippen MR) is 65.0 cm³/mol. The first-order valence-electron chi connectivity index (χ1n) is 6.13. The van der Waals surface area contributed by atoms with Gasteiger partial charge < -0.3 is 0 Å². The summed E-state index contributed by atoms with van der Waals surface area (Å²) in [5.74, 6) is 0.666. The van der Waals surface area contributed by atoms with Gasteiger partial charge in [-0.3, -0.25) is 5.10 Å². The van der Waals surface area contributed by atoms with Crippen molar-refractivity contribution >= 4 is 10.0 Å². The van der Waals surface area contributed by atoms with Gasteiger partial charge in [-0.1, -0.05) is 13.3 Å². The summed E-state index contributed by atoms with van der Waals surface area (Å²) in [6.07, 6.45) is 7.01. The van der Waals surface area contributed by atoms with E-state index in [1.807, 2.05) is 0 Å². The molecular formula is C11H19N3O2S. The third-order valence-corrected chi connectivity index (χ3v) is 5.36. The molecule has 1 saturated heterocycles. The van der Waals surface area contributed by atoms with Gasteiger partial charge in [-0.15, -0.1) is 0 Å². The number of aromatic nitrogens is 2. The van der Waals surface area contributed by atoms with E-state index in [-0.39, 0.29) is 4.90 Å². The van der Waals surface area contributed by atoms with E-state index < -0.39 is 10.0 Å². The van der Waals surface area contributed by atoms with E-state index in [0.29, 0.717) is 19.0 Å². The monoisotopic (exact) mass is 257 g/mol. The lowest BCUT2D eigenvalue weighted by Crippen LogP contribution is -2.31. The molecule has 1 unspecified atom stereocenters. The van der Waals surface area contributed by atoms with Crippen molar-refractivity contribution in [1.29, 1.82) is 0 Å². The third-order valence-electron chi connectivity index (χ3n) is 3.49. The van der Waals surface area contributed by atoms with Gasteiger partial charge in [0.25, 0.3) is 0 Å². The first-order valence-corrected chi connectivity index (χ1v) is 7.57. The van der Waals surface area contributed by atoms with Crippen molar-refractivity contribution in [3.05, 3.63) is 12.4 Å². The zero-order valence-corrected chi connectivity index (χ0v) is 10.9. The molecule has 6 heteroatoms. The van der Waals surface area contributed by atoms with Crippen LogP contribution in [-0.4, -0.2) is 36.0 Å². The van der Waals surface area contributed by atoms with Crippen LogP contribution < -0.4 is 0 Å². The molecule has 2 rings (SSSR count). The maximum atomic E-state index is 12.3. The normalized spacial score (nSPS) is 23.5. The summed E-state index contributed by atoms with van der Waals surface area (Å²) >= 11 is 0. The summed E-state index contributed by atoms with van der Waals surface area (Å²) in [5.41, 5.74) is 0. The zero-order chi connectivity index (χ0) is 12.3. The average molecular weight is 257 g/mol. The Morgan fingerprint density at radius 1 is 1.47 bits per heavy atom. The Kier molecular flexibility index (Phi) is 3.83. The first-order chi connectivity index (χ1) is 8.14. The van der Waals surface area contributed by atoms with Crippen LogP contribution in [0.4, 0.5) is 0 Å². The second-order valence-electron chi connectivity index (χ2n) is 4.54. The summed E-state index contributed by atoms with van der Waals surface area (Å²) in [6.45, 7) is 3.43. The van der Waals surface area contributed by atoms with Crippen LogP contribution in [0.5, 0.6) is 0 Å². The van der Waals surface area contributed by atoms with Gasteiger partial charge in [0, 0.05) is 19.3 Å². The standard InChI is InChI=1S/C11H19N3O2S/c1-2-10-4-3-6-14(7-5-10)17(15,16)11-8-12-13-9-11/h8-10H,2-7H2,1H3,(H,12,13). The Morgan fingerprint density at radius 3 is 2.94 bits per heavy atom. The van der Waals surface area contributed by atoms with Gasteiger partial charge in [0.15, 0.2) is 0 Å². The molecule has 96 valence electrons. The molecule has 0 aliphatic carbocycles. The maximum Gasteiger partial charge on any atom is 0.246 e. The van der Waals surface area contributed by atoms with Crippen molar-refractivity contribution in [2.75, 3.05) is 13.1 Å². The number of sulfonamides is 1. The molecule has 1 aliphatic heterocycles. The molecule has 0 spiro atoms. The van der Waals surface area contributed by atoms with Gasteiger partial charge >= 0.3 is 0 Å². The molecule has 0 bridgehead atoms. The van der Waals surface area contributed by atoms with Crippen LogP contribution in [0.25, 0.3) is 0 Å². The largest absolute Gasteiger partial charge is 0.284 e. The van der Waals surface area contributed by atoms with Gasteiger partial charge in [0.1, 0.15) is 4.90 Å². The topological polar surface area (TPSA) is 66.1 Å². The summed E-state index contributed by atoms with van der Waals surface area (Å²) in [7, 11) is -3.33. The van der Waals surface area contributed by atoms with Gasteiger partial charge in [-0.2, -0.15) is 9.40 Å². The molecule has 1 N–H and O–H groups in total. The zero-order valence-electron chi connectivity index (χ0n) is 10.1. The number of nitrogens with one attached hydrogen (secondary N) is 1. The Bertz CT molecular complexity index is 441. The van der Waals surface area contributed by atoms with Gasteiger partial charge in [0.05, 0.1) is 6.20 Å². The van der Waals surface area contributed by atoms with E-state index in [4.69, 9.17) is 0 Å². The fraction of sp³-hybridized carbons (Fsp3) is 0.727. The van der Waals surface area contributed by atoms with E-state index >= 15 is 0 Å². The number of H-pyrrole nitrogens is 1. The highest BCUT2D eigenvalue weighted by Gasteiger charge is 2.27. The number of hydrogen-bond acceptors (Lipinski definition) is 3. The number of rotatable bonds is 3. The second kappa shape index (κ2) is 5.18. The van der Waals surface area contributed by atoms with Crippen LogP contribution in [-0.2, 0) is 10.0 Å². The quantitative estimate of drug-likeness (QED) is 0.894. The van der Waals surface area contributed by atoms with E-state index in [1.165, 1.54) is 12.4 Å². The van der Waals surface area contributed by atoms with Gasteiger partial charge in [-0.25, -0.2) is 8.42 Å². The fourth-order valence-electron chi connectivity index (χ4n) is 2.32. The third kappa shape index (κ3) is 2.69. The van der Waals surface area contributed by atoms with E-state index in [0.717, 1.165) is 25.7 Å². The molecule has 2 heterocycles. The number of nitrogens with zero attached hydrogens (tertiary/aromatic N) is 2. The SMILES string of the molecule is CCC1CCCN(S(=O)(=O)c2cn[nH]c2)CC1. The lowest BCUT2D eigenvalue weighted by atomic mass is 9.98. The molecule has 1 aromatic heterocycles. The van der Waals surface area contributed by atoms with Crippen LogP contribution in [0.15, 0.2) is 17.3 Å². The highest BCUT2D eigenvalue weighted by atomic mass is 32.2. The lowest BCUT2D eigenvalue weighted by Gasteiger charge is -2.18. The van der Waals surface area contributed by atoms with Crippen LogP contribution in [0.1, 0.15) is 32.6 Å². The lowest BCUT2D eigenvalue weighted by molar-refractivity contribution is 0.407. The maximum absolute atomic E-state index is 12.3. The molecular weight excluding hydrogens is 238 g/mol. The van der Waals surface area contributed by atoms with E-state index in [9.17, 15) is 8.42 Å². The Labute approximate surface area is 102 Å². The van der Waals surface area contributed by atoms with Gasteiger partial charge in [0.2, 0.25) is 10.0 Å². The van der Waals surface area contributed by atoms with Gasteiger partial charge in [-0.05, 0) is 25.2 Å². The molecule has 0 amide bonds. The van der Waals surface area contributed by atoms with Crippen molar-refractivity contribution in [3.8, 4) is 0 Å². The molecule has 1 aliphatic rings. The average Bonchev–Trinajstić information content (AvgIpc) is 2.74. The summed E-state index contributed by atoms with van der Waals surface area (Å²) in [5, 5.41) is 6.26. The highest BCUT2D eigenvalue weighted by molar-refractivity contribution is 7.89. The first kappa shape index (κ1) is 12.6. The van der Waals surface area contributed by atoms with Crippen LogP contribution >= 0.6 is 0 Å². The number of hydrogen-bond donors (Lipinski definition) is 1. The summed E-state index contributed by atoms with van der Waals surface area (Å²) in [6, 6.07) is 0. The predicted octanol–water partition coefficient (Wildman–Crippen LogP) is 1.61. The minimum atomic E-state index is -3.33. The molecule has 1 aromatic rings. The van der Waals surface area contributed by atoms with Crippen molar-refractivity contribution in [1.82, 2.24) is 14.5 Å².